The van der Waals surface area contributed by atoms with Crippen molar-refractivity contribution in [2.24, 2.45) is 5.92 Å². The Morgan fingerprint density at radius 2 is 2.00 bits per heavy atom. The van der Waals surface area contributed by atoms with E-state index >= 15 is 0 Å². The van der Waals surface area contributed by atoms with Gasteiger partial charge in [-0.1, -0.05) is 0 Å². The number of carbonyl (C=O) groups is 1. The molecule has 0 spiro atoms. The van der Waals surface area contributed by atoms with Gasteiger partial charge in [-0.15, -0.1) is 0 Å². The van der Waals surface area contributed by atoms with Crippen LogP contribution in [0, 0.1) is 12.8 Å². The second kappa shape index (κ2) is 7.31. The number of nitrogens with zero attached hydrogens (tertiary/aromatic N) is 1. The van der Waals surface area contributed by atoms with Crippen LogP contribution in [0.1, 0.15) is 25.3 Å². The summed E-state index contributed by atoms with van der Waals surface area (Å²) in [6.45, 7) is 4.98. The van der Waals surface area contributed by atoms with E-state index < -0.39 is 10.0 Å². The van der Waals surface area contributed by atoms with Crippen LogP contribution in [0.5, 0.6) is 5.75 Å². The lowest BCUT2D eigenvalue weighted by Crippen LogP contribution is -2.43. The largest absolute Gasteiger partial charge is 0.497 e. The summed E-state index contributed by atoms with van der Waals surface area (Å²) < 4.78 is 32.2. The van der Waals surface area contributed by atoms with Crippen LogP contribution in [-0.2, 0) is 14.8 Å². The second-order valence-corrected chi connectivity index (χ2v) is 7.61. The number of nitrogens with one attached hydrogen (secondary N) is 1. The van der Waals surface area contributed by atoms with E-state index in [2.05, 4.69) is 5.32 Å². The second-order valence-electron chi connectivity index (χ2n) is 5.70. The fourth-order valence-corrected chi connectivity index (χ4v) is 4.53. The number of hydrogen-bond acceptors (Lipinski definition) is 4. The highest BCUT2D eigenvalue weighted by molar-refractivity contribution is 7.89. The molecule has 0 radical (unpaired) electrons. The molecule has 0 bridgehead atoms. The van der Waals surface area contributed by atoms with E-state index in [1.54, 1.807) is 32.2 Å². The quantitative estimate of drug-likeness (QED) is 0.882. The standard InChI is InChI=1S/C16H24N2O4S/c1-4-17-16(19)13-7-9-18(10-8-13)23(20,21)15-6-5-14(22-3)11-12(15)2/h5-6,11,13H,4,7-10H2,1-3H3,(H,17,19). The third-order valence-corrected chi connectivity index (χ3v) is 6.23. The van der Waals surface area contributed by atoms with Crippen LogP contribution in [0.4, 0.5) is 0 Å². The maximum atomic E-state index is 12.8. The number of piperidine rings is 1. The molecule has 1 saturated heterocycles. The molecule has 0 saturated carbocycles. The molecule has 6 nitrogen and oxygen atoms in total. The summed E-state index contributed by atoms with van der Waals surface area (Å²) in [5, 5.41) is 2.80. The number of amides is 1. The maximum absolute atomic E-state index is 12.8. The molecule has 1 aromatic rings. The summed E-state index contributed by atoms with van der Waals surface area (Å²) in [5.74, 6) is 0.555. The van der Waals surface area contributed by atoms with Gasteiger partial charge < -0.3 is 10.1 Å². The molecule has 1 fully saturated rings. The van der Waals surface area contributed by atoms with Crippen LogP contribution in [0.25, 0.3) is 0 Å². The zero-order valence-corrected chi connectivity index (χ0v) is 14.6. The molecule has 1 heterocycles. The molecule has 1 amide bonds. The Labute approximate surface area is 137 Å². The fraction of sp³-hybridized carbons (Fsp3) is 0.562. The number of ether oxygens (including phenoxy) is 1. The maximum Gasteiger partial charge on any atom is 0.243 e. The van der Waals surface area contributed by atoms with Crippen LogP contribution in [-0.4, -0.2) is 45.4 Å². The van der Waals surface area contributed by atoms with Crippen molar-refractivity contribution in [3.05, 3.63) is 23.8 Å². The predicted octanol–water partition coefficient (Wildman–Crippen LogP) is 1.54. The van der Waals surface area contributed by atoms with Crippen LogP contribution >= 0.6 is 0 Å². The summed E-state index contributed by atoms with van der Waals surface area (Å²) in [6.07, 6.45) is 1.11. The van der Waals surface area contributed by atoms with Crippen molar-refractivity contribution in [3.63, 3.8) is 0 Å². The summed E-state index contributed by atoms with van der Waals surface area (Å²) in [6, 6.07) is 4.95. The number of carbonyl (C=O) groups excluding carboxylic acids is 1. The lowest BCUT2D eigenvalue weighted by molar-refractivity contribution is -0.126. The molecular formula is C16H24N2O4S. The molecule has 1 aliphatic heterocycles. The molecule has 0 atom stereocenters. The third kappa shape index (κ3) is 3.84. The molecule has 23 heavy (non-hydrogen) atoms. The minimum Gasteiger partial charge on any atom is -0.497 e. The van der Waals surface area contributed by atoms with Crippen LogP contribution in [0.2, 0.25) is 0 Å². The lowest BCUT2D eigenvalue weighted by atomic mass is 9.97. The van der Waals surface area contributed by atoms with Gasteiger partial charge in [-0.2, -0.15) is 4.31 Å². The van der Waals surface area contributed by atoms with Crippen molar-refractivity contribution in [1.29, 1.82) is 0 Å². The Morgan fingerprint density at radius 1 is 1.35 bits per heavy atom. The topological polar surface area (TPSA) is 75.7 Å². The molecule has 0 aromatic heterocycles. The Hall–Kier alpha value is -1.60. The summed E-state index contributed by atoms with van der Waals surface area (Å²) >= 11 is 0. The molecule has 1 aromatic carbocycles. The van der Waals surface area contributed by atoms with Gasteiger partial charge in [-0.3, -0.25) is 4.79 Å². The Morgan fingerprint density at radius 3 is 2.52 bits per heavy atom. The number of sulfonamides is 1. The monoisotopic (exact) mass is 340 g/mol. The van der Waals surface area contributed by atoms with Gasteiger partial charge in [0.25, 0.3) is 0 Å². The van der Waals surface area contributed by atoms with Crippen molar-refractivity contribution >= 4 is 15.9 Å². The molecule has 0 unspecified atom stereocenters. The molecule has 7 heteroatoms. The van der Waals surface area contributed by atoms with Crippen LogP contribution < -0.4 is 10.1 Å². The van der Waals surface area contributed by atoms with Gasteiger partial charge in [0.2, 0.25) is 15.9 Å². The molecule has 128 valence electrons. The Bertz CT molecular complexity index is 665. The van der Waals surface area contributed by atoms with Crippen molar-refractivity contribution in [1.82, 2.24) is 9.62 Å². The van der Waals surface area contributed by atoms with Crippen molar-refractivity contribution in [2.75, 3.05) is 26.7 Å². The van der Waals surface area contributed by atoms with E-state index in [1.807, 2.05) is 6.92 Å². The van der Waals surface area contributed by atoms with Gasteiger partial charge in [-0.05, 0) is 50.5 Å². The van der Waals surface area contributed by atoms with Crippen molar-refractivity contribution in [3.8, 4) is 5.75 Å². The summed E-state index contributed by atoms with van der Waals surface area (Å²) in [7, 11) is -1.98. The molecule has 0 aliphatic carbocycles. The van der Waals surface area contributed by atoms with Crippen LogP contribution in [0.3, 0.4) is 0 Å². The van der Waals surface area contributed by atoms with Gasteiger partial charge in [0.15, 0.2) is 0 Å². The molecule has 2 rings (SSSR count). The molecule has 1 N–H and O–H groups in total. The predicted molar refractivity (Wildman–Crippen MR) is 87.9 cm³/mol. The number of aryl methyl sites for hydroxylation is 1. The molecule has 1 aliphatic rings. The Kier molecular flexibility index (Phi) is 5.64. The first kappa shape index (κ1) is 17.7. The van der Waals surface area contributed by atoms with Crippen LogP contribution in [0.15, 0.2) is 23.1 Å². The highest BCUT2D eigenvalue weighted by Crippen LogP contribution is 2.27. The average Bonchev–Trinajstić information content (AvgIpc) is 2.54. The third-order valence-electron chi connectivity index (χ3n) is 4.18. The number of methoxy groups -OCH3 is 1. The van der Waals surface area contributed by atoms with E-state index in [-0.39, 0.29) is 11.8 Å². The first-order chi connectivity index (χ1) is 10.9. The van der Waals surface area contributed by atoms with E-state index in [9.17, 15) is 13.2 Å². The van der Waals surface area contributed by atoms with Gasteiger partial charge >= 0.3 is 0 Å². The van der Waals surface area contributed by atoms with Gasteiger partial charge in [0, 0.05) is 25.6 Å². The SMILES string of the molecule is CCNC(=O)C1CCN(S(=O)(=O)c2ccc(OC)cc2C)CC1. The smallest absolute Gasteiger partial charge is 0.243 e. The zero-order valence-electron chi connectivity index (χ0n) is 13.8. The highest BCUT2D eigenvalue weighted by Gasteiger charge is 2.32. The first-order valence-electron chi connectivity index (χ1n) is 7.82. The number of rotatable bonds is 5. The number of benzene rings is 1. The summed E-state index contributed by atoms with van der Waals surface area (Å²) in [5.41, 5.74) is 0.662. The Balaban J connectivity index is 2.12. The van der Waals surface area contributed by atoms with E-state index in [1.165, 1.54) is 4.31 Å². The molecular weight excluding hydrogens is 316 g/mol. The van der Waals surface area contributed by atoms with E-state index in [4.69, 9.17) is 4.74 Å². The van der Waals surface area contributed by atoms with E-state index in [0.717, 1.165) is 0 Å². The highest BCUT2D eigenvalue weighted by atomic mass is 32.2. The minimum absolute atomic E-state index is 0.0187. The van der Waals surface area contributed by atoms with Crippen molar-refractivity contribution < 1.29 is 17.9 Å². The van der Waals surface area contributed by atoms with Gasteiger partial charge in [0.05, 0.1) is 12.0 Å². The lowest BCUT2D eigenvalue weighted by Gasteiger charge is -2.30. The average molecular weight is 340 g/mol. The fourth-order valence-electron chi connectivity index (χ4n) is 2.85. The summed E-state index contributed by atoms with van der Waals surface area (Å²) in [4.78, 5) is 12.2. The van der Waals surface area contributed by atoms with E-state index in [0.29, 0.717) is 48.7 Å². The van der Waals surface area contributed by atoms with Crippen molar-refractivity contribution in [2.45, 2.75) is 31.6 Å². The number of hydrogen-bond donors (Lipinski definition) is 1. The normalized spacial score (nSPS) is 17.0. The first-order valence-corrected chi connectivity index (χ1v) is 9.26. The minimum atomic E-state index is -3.53. The zero-order chi connectivity index (χ0) is 17.0. The van der Waals surface area contributed by atoms with Gasteiger partial charge in [-0.25, -0.2) is 8.42 Å². The van der Waals surface area contributed by atoms with Gasteiger partial charge in [0.1, 0.15) is 5.75 Å².